The van der Waals surface area contributed by atoms with Gasteiger partial charge in [-0.25, -0.2) is 0 Å². The van der Waals surface area contributed by atoms with Gasteiger partial charge in [0.15, 0.2) is 0 Å². The first kappa shape index (κ1) is 16.6. The van der Waals surface area contributed by atoms with Crippen molar-refractivity contribution >= 4 is 17.7 Å². The van der Waals surface area contributed by atoms with E-state index in [4.69, 9.17) is 4.74 Å². The molecule has 1 rings (SSSR count). The summed E-state index contributed by atoms with van der Waals surface area (Å²) in [5.74, 6) is -1.15. The van der Waals surface area contributed by atoms with Crippen LogP contribution in [-0.2, 0) is 20.9 Å². The topological polar surface area (TPSA) is 108 Å². The molecule has 0 spiro atoms. The molecule has 0 aliphatic carbocycles. The van der Waals surface area contributed by atoms with Gasteiger partial charge in [0.2, 0.25) is 5.91 Å². The third kappa shape index (κ3) is 5.21. The summed E-state index contributed by atoms with van der Waals surface area (Å²) in [4.78, 5) is 34.8. The number of ether oxygens (including phenoxy) is 1. The Balaban J connectivity index is 2.66. The van der Waals surface area contributed by atoms with Gasteiger partial charge in [-0.1, -0.05) is 6.92 Å². The second-order valence-corrected chi connectivity index (χ2v) is 4.25. The summed E-state index contributed by atoms with van der Waals surface area (Å²) >= 11 is 0. The lowest BCUT2D eigenvalue weighted by atomic mass is 10.3. The maximum Gasteiger partial charge on any atom is 0.389 e. The number of nitrogens with zero attached hydrogens (tertiary/aromatic N) is 4. The Bertz CT molecular complexity index is 514. The number of carbonyl (C=O) groups is 2. The highest BCUT2D eigenvalue weighted by molar-refractivity contribution is 5.81. The summed E-state index contributed by atoms with van der Waals surface area (Å²) < 4.78 is 5.98. The van der Waals surface area contributed by atoms with Crippen molar-refractivity contribution in [3.05, 3.63) is 22.4 Å². The number of carbonyl (C=O) groups excluding carboxylic acids is 2. The Kier molecular flexibility index (Phi) is 6.31. The van der Waals surface area contributed by atoms with Crippen LogP contribution in [-0.4, -0.2) is 51.2 Å². The fourth-order valence-electron chi connectivity index (χ4n) is 1.70. The maximum atomic E-state index is 12.1. The Morgan fingerprint density at radius 2 is 2.19 bits per heavy atom. The van der Waals surface area contributed by atoms with E-state index in [9.17, 15) is 19.7 Å². The molecule has 0 saturated heterocycles. The lowest BCUT2D eigenvalue weighted by Crippen LogP contribution is -2.39. The highest BCUT2D eigenvalue weighted by Crippen LogP contribution is 2.06. The molecule has 116 valence electrons. The SMILES string of the molecule is CCCN(CC(=O)OCC)C(=O)Cn1ccc([N+](=O)[O-])n1. The van der Waals surface area contributed by atoms with Crippen LogP contribution in [0.2, 0.25) is 0 Å². The monoisotopic (exact) mass is 298 g/mol. The minimum Gasteiger partial charge on any atom is -0.465 e. The van der Waals surface area contributed by atoms with Gasteiger partial charge in [0.1, 0.15) is 13.1 Å². The van der Waals surface area contributed by atoms with Crippen molar-refractivity contribution in [3.8, 4) is 0 Å². The smallest absolute Gasteiger partial charge is 0.389 e. The van der Waals surface area contributed by atoms with Crippen LogP contribution in [0.15, 0.2) is 12.3 Å². The van der Waals surface area contributed by atoms with Crippen molar-refractivity contribution < 1.29 is 19.2 Å². The lowest BCUT2D eigenvalue weighted by Gasteiger charge is -2.20. The van der Waals surface area contributed by atoms with Crippen molar-refractivity contribution in [2.45, 2.75) is 26.8 Å². The van der Waals surface area contributed by atoms with Crippen LogP contribution in [0.25, 0.3) is 0 Å². The zero-order chi connectivity index (χ0) is 15.8. The van der Waals surface area contributed by atoms with Crippen LogP contribution in [0.4, 0.5) is 5.82 Å². The van der Waals surface area contributed by atoms with Crippen LogP contribution in [0, 0.1) is 10.1 Å². The Morgan fingerprint density at radius 3 is 2.71 bits per heavy atom. The van der Waals surface area contributed by atoms with E-state index in [0.717, 1.165) is 0 Å². The normalized spacial score (nSPS) is 10.2. The molecule has 0 fully saturated rings. The Hall–Kier alpha value is -2.45. The molecule has 0 bridgehead atoms. The third-order valence-electron chi connectivity index (χ3n) is 2.58. The molecule has 0 unspecified atom stereocenters. The molecule has 0 radical (unpaired) electrons. The molecular weight excluding hydrogens is 280 g/mol. The zero-order valence-electron chi connectivity index (χ0n) is 12.0. The van der Waals surface area contributed by atoms with Gasteiger partial charge in [0.25, 0.3) is 0 Å². The quantitative estimate of drug-likeness (QED) is 0.395. The van der Waals surface area contributed by atoms with E-state index in [1.54, 1.807) is 6.92 Å². The lowest BCUT2D eigenvalue weighted by molar-refractivity contribution is -0.389. The molecule has 0 aliphatic heterocycles. The second kappa shape index (κ2) is 7.98. The molecule has 0 aromatic carbocycles. The molecule has 1 aromatic rings. The van der Waals surface area contributed by atoms with E-state index >= 15 is 0 Å². The molecule has 9 nitrogen and oxygen atoms in total. The van der Waals surface area contributed by atoms with Crippen molar-refractivity contribution in [1.29, 1.82) is 0 Å². The number of rotatable bonds is 8. The van der Waals surface area contributed by atoms with Crippen molar-refractivity contribution in [3.63, 3.8) is 0 Å². The molecule has 9 heteroatoms. The van der Waals surface area contributed by atoms with Crippen LogP contribution in [0.3, 0.4) is 0 Å². The number of hydrogen-bond donors (Lipinski definition) is 0. The number of amides is 1. The van der Waals surface area contributed by atoms with Crippen LogP contribution in [0.5, 0.6) is 0 Å². The van der Waals surface area contributed by atoms with Gasteiger partial charge >= 0.3 is 11.8 Å². The second-order valence-electron chi connectivity index (χ2n) is 4.25. The van der Waals surface area contributed by atoms with E-state index in [0.29, 0.717) is 13.0 Å². The van der Waals surface area contributed by atoms with Gasteiger partial charge < -0.3 is 19.8 Å². The van der Waals surface area contributed by atoms with Crippen LogP contribution in [0.1, 0.15) is 20.3 Å². The minimum absolute atomic E-state index is 0.135. The van der Waals surface area contributed by atoms with Gasteiger partial charge in [0.05, 0.1) is 24.0 Å². The zero-order valence-corrected chi connectivity index (χ0v) is 12.0. The molecule has 1 amide bonds. The van der Waals surface area contributed by atoms with E-state index in [-0.39, 0.29) is 31.4 Å². The predicted octanol–water partition coefficient (Wildman–Crippen LogP) is 0.593. The standard InChI is InChI=1S/C12H18N4O5/c1-3-6-14(9-12(18)21-4-2)11(17)8-15-7-5-10(13-15)16(19)20/h5,7H,3-4,6,8-9H2,1-2H3. The van der Waals surface area contributed by atoms with E-state index in [2.05, 4.69) is 5.10 Å². The first-order valence-electron chi connectivity index (χ1n) is 6.59. The minimum atomic E-state index is -0.636. The summed E-state index contributed by atoms with van der Waals surface area (Å²) in [5.41, 5.74) is 0. The average Bonchev–Trinajstić information content (AvgIpc) is 2.87. The van der Waals surface area contributed by atoms with E-state index in [1.807, 2.05) is 6.92 Å². The molecule has 0 atom stereocenters. The largest absolute Gasteiger partial charge is 0.465 e. The van der Waals surface area contributed by atoms with Crippen molar-refractivity contribution in [2.24, 2.45) is 0 Å². The molecule has 0 aliphatic rings. The fraction of sp³-hybridized carbons (Fsp3) is 0.583. The van der Waals surface area contributed by atoms with E-state index in [1.165, 1.54) is 21.8 Å². The third-order valence-corrected chi connectivity index (χ3v) is 2.58. The van der Waals surface area contributed by atoms with Gasteiger partial charge in [-0.3, -0.25) is 9.59 Å². The van der Waals surface area contributed by atoms with Gasteiger partial charge in [0, 0.05) is 6.54 Å². The van der Waals surface area contributed by atoms with Crippen LogP contribution >= 0.6 is 0 Å². The number of nitro groups is 1. The Morgan fingerprint density at radius 1 is 1.48 bits per heavy atom. The first-order chi connectivity index (χ1) is 9.97. The molecule has 0 N–H and O–H groups in total. The molecule has 21 heavy (non-hydrogen) atoms. The maximum absolute atomic E-state index is 12.1. The summed E-state index contributed by atoms with van der Waals surface area (Å²) in [5, 5.41) is 14.2. The Labute approximate surface area is 121 Å². The molecule has 1 heterocycles. The molecule has 0 saturated carbocycles. The first-order valence-corrected chi connectivity index (χ1v) is 6.59. The van der Waals surface area contributed by atoms with Crippen molar-refractivity contribution in [1.82, 2.24) is 14.7 Å². The van der Waals surface area contributed by atoms with Crippen LogP contribution < -0.4 is 0 Å². The number of aromatic nitrogens is 2. The van der Waals surface area contributed by atoms with Gasteiger partial charge in [-0.15, -0.1) is 0 Å². The van der Waals surface area contributed by atoms with Gasteiger partial charge in [-0.05, 0) is 18.3 Å². The fourth-order valence-corrected chi connectivity index (χ4v) is 1.70. The summed E-state index contributed by atoms with van der Waals surface area (Å²) in [7, 11) is 0. The summed E-state index contributed by atoms with van der Waals surface area (Å²) in [6.45, 7) is 3.92. The number of hydrogen-bond acceptors (Lipinski definition) is 6. The average molecular weight is 298 g/mol. The molecule has 1 aromatic heterocycles. The summed E-state index contributed by atoms with van der Waals surface area (Å²) in [6.07, 6.45) is 2.04. The highest BCUT2D eigenvalue weighted by atomic mass is 16.6. The van der Waals surface area contributed by atoms with E-state index < -0.39 is 10.9 Å². The molecular formula is C12H18N4O5. The number of esters is 1. The van der Waals surface area contributed by atoms with Gasteiger partial charge in [-0.2, -0.15) is 4.68 Å². The van der Waals surface area contributed by atoms with Crippen molar-refractivity contribution in [2.75, 3.05) is 19.7 Å². The predicted molar refractivity (Wildman–Crippen MR) is 72.4 cm³/mol. The highest BCUT2D eigenvalue weighted by Gasteiger charge is 2.20. The summed E-state index contributed by atoms with van der Waals surface area (Å²) in [6, 6.07) is 1.21.